The van der Waals surface area contributed by atoms with E-state index < -0.39 is 144 Å². The summed E-state index contributed by atoms with van der Waals surface area (Å²) in [6, 6.07) is 10.5. The van der Waals surface area contributed by atoms with Crippen LogP contribution in [0.5, 0.6) is 0 Å². The van der Waals surface area contributed by atoms with Crippen molar-refractivity contribution in [3.63, 3.8) is 0 Å². The third-order valence-corrected chi connectivity index (χ3v) is 9.29. The number of benzene rings is 5. The minimum atomic E-state index is -7.22. The Labute approximate surface area is 328 Å². The maximum Gasteiger partial charge on any atom is 0.200 e. The van der Waals surface area contributed by atoms with Gasteiger partial charge in [0.25, 0.3) is 0 Å². The second-order valence-corrected chi connectivity index (χ2v) is 13.1. The molecule has 2 nitrogen and oxygen atoms in total. The van der Waals surface area contributed by atoms with E-state index in [0.717, 1.165) is 12.2 Å². The highest BCUT2D eigenvalue weighted by molar-refractivity contribution is 7.20. The molecule has 0 spiro atoms. The number of halogens is 20. The first-order valence-corrected chi connectivity index (χ1v) is 16.6. The van der Waals surface area contributed by atoms with Gasteiger partial charge in [0.15, 0.2) is 88.7 Å². The molecule has 23 heteroatoms. The molecule has 5 aromatic carbocycles. The molecule has 0 atom stereocenters. The van der Waals surface area contributed by atoms with E-state index in [0.29, 0.717) is 5.92 Å². The van der Waals surface area contributed by atoms with Gasteiger partial charge in [-0.15, -0.1) is 21.9 Å². The summed E-state index contributed by atoms with van der Waals surface area (Å²) in [6.45, 7) is 5.23. The van der Waals surface area contributed by atoms with Crippen molar-refractivity contribution in [2.24, 2.45) is 0 Å². The zero-order valence-electron chi connectivity index (χ0n) is 29.9. The van der Waals surface area contributed by atoms with E-state index in [1.54, 1.807) is 0 Å². The van der Waals surface area contributed by atoms with E-state index in [1.807, 2.05) is 18.5 Å². The van der Waals surface area contributed by atoms with Crippen molar-refractivity contribution < 1.29 is 92.4 Å². The summed E-state index contributed by atoms with van der Waals surface area (Å²) in [5.41, 5.74) is -11.9. The monoisotopic (exact) mass is 892 g/mol. The van der Waals surface area contributed by atoms with E-state index in [9.17, 15) is 52.7 Å². The second-order valence-electron chi connectivity index (χ2n) is 13.1. The molecule has 0 fully saturated rings. The quantitative estimate of drug-likeness (QED) is 0.0518. The Kier molecular flexibility index (Phi) is 12.9. The molecule has 0 aliphatic carbocycles. The van der Waals surface area contributed by atoms with Crippen molar-refractivity contribution in [3.05, 3.63) is 177 Å². The van der Waals surface area contributed by atoms with Crippen LogP contribution in [-0.2, 0) is 6.54 Å². The van der Waals surface area contributed by atoms with Gasteiger partial charge in [0, 0.05) is 11.5 Å². The lowest BCUT2D eigenvalue weighted by Crippen LogP contribution is -2.81. The zero-order valence-corrected chi connectivity index (χ0v) is 29.9. The van der Waals surface area contributed by atoms with Gasteiger partial charge in [0.2, 0.25) is 0 Å². The van der Waals surface area contributed by atoms with Gasteiger partial charge in [0.05, 0.1) is 6.20 Å². The van der Waals surface area contributed by atoms with Gasteiger partial charge in [-0.05, 0) is 0 Å². The van der Waals surface area contributed by atoms with Crippen LogP contribution in [0.2, 0.25) is 0 Å². The van der Waals surface area contributed by atoms with Crippen molar-refractivity contribution >= 4 is 28.0 Å². The van der Waals surface area contributed by atoms with Crippen molar-refractivity contribution in [3.8, 4) is 0 Å². The third-order valence-electron chi connectivity index (χ3n) is 9.29. The zero-order chi connectivity index (χ0) is 45.7. The predicted octanol–water partition coefficient (Wildman–Crippen LogP) is 8.39. The normalized spacial score (nSPS) is 11.7. The smallest absolute Gasteiger partial charge is 0.200 e. The van der Waals surface area contributed by atoms with Crippen LogP contribution < -0.4 is 26.4 Å². The Morgan fingerprint density at radius 2 is 0.672 bits per heavy atom. The predicted molar refractivity (Wildman–Crippen MR) is 173 cm³/mol. The fraction of sp³-hybridized carbons (Fsp3) is 0.105. The van der Waals surface area contributed by atoms with Gasteiger partial charge < -0.3 is 0 Å². The van der Waals surface area contributed by atoms with Crippen molar-refractivity contribution in [1.82, 2.24) is 4.98 Å². The molecule has 0 radical (unpaired) electrons. The molecule has 0 aliphatic heterocycles. The Hall–Kier alpha value is -6.16. The highest BCUT2D eigenvalue weighted by Gasteiger charge is 2.52. The highest BCUT2D eigenvalue weighted by Crippen LogP contribution is 2.30. The van der Waals surface area contributed by atoms with E-state index >= 15 is 35.1 Å². The molecule has 0 bridgehead atoms. The minimum Gasteiger partial charge on any atom is -0.249 e. The molecule has 61 heavy (non-hydrogen) atoms. The lowest BCUT2D eigenvalue weighted by atomic mass is 9.12. The molecule has 6 aromatic rings. The molecule has 1 heterocycles. The molecule has 1 aromatic heterocycles. The SMILES string of the molecule is CC(C)c1c[n+](Cc2ccccc2)ccn1.Fc1c(F)c(F)c([B-](c2c(F)c(F)c(F)c(F)c2F)(c2c(F)c(F)c(F)c(F)c2F)c2c(F)c(F)c(F)c(F)c2F)c(F)c1F. The fourth-order valence-electron chi connectivity index (χ4n) is 6.52. The number of nitrogens with zero attached hydrogens (tertiary/aromatic N) is 2. The van der Waals surface area contributed by atoms with Crippen LogP contribution in [0.3, 0.4) is 0 Å². The molecule has 6 rings (SSSR count). The Morgan fingerprint density at radius 1 is 0.410 bits per heavy atom. The lowest BCUT2D eigenvalue weighted by Gasteiger charge is -2.44. The standard InChI is InChI=1S/C24BF20.C14H17N2/c26-5-1(6(27)14(35)21(42)13(5)34)25(2-7(28)15(36)22(43)16(37)8(2)29,3-9(30)17(38)23(44)18(39)10(3)31)4-11(32)19(40)24(45)20(41)12(4)33;1-12(2)14-11-16(9-8-15-14)10-13-6-4-3-5-7-13/h;3-9,11-12H,10H2,1-2H3/q-1;+1. The molecular formula is C38H17BF20N2. The molecule has 0 aliphatic rings. The Bertz CT molecular complexity index is 2330. The van der Waals surface area contributed by atoms with Gasteiger partial charge in [-0.25, -0.2) is 92.8 Å². The van der Waals surface area contributed by atoms with Crippen molar-refractivity contribution in [1.29, 1.82) is 0 Å². The summed E-state index contributed by atoms with van der Waals surface area (Å²) in [6.07, 6.45) is -1.21. The van der Waals surface area contributed by atoms with Crippen LogP contribution in [0.25, 0.3) is 0 Å². The van der Waals surface area contributed by atoms with Crippen molar-refractivity contribution in [2.75, 3.05) is 0 Å². The highest BCUT2D eigenvalue weighted by atomic mass is 19.2. The van der Waals surface area contributed by atoms with E-state index in [-0.39, 0.29) is 0 Å². The first kappa shape index (κ1) is 45.9. The number of hydrogen-bond donors (Lipinski definition) is 0. The van der Waals surface area contributed by atoms with E-state index in [1.165, 1.54) is 5.56 Å². The maximum absolute atomic E-state index is 15.4. The summed E-state index contributed by atoms with van der Waals surface area (Å²) < 4.78 is 296. The number of aromatic nitrogens is 2. The van der Waals surface area contributed by atoms with Crippen LogP contribution in [0.4, 0.5) is 87.8 Å². The molecule has 322 valence electrons. The van der Waals surface area contributed by atoms with E-state index in [2.05, 4.69) is 53.9 Å². The van der Waals surface area contributed by atoms with Gasteiger partial charge in [0.1, 0.15) is 58.4 Å². The molecular weight excluding hydrogens is 875 g/mol. The average Bonchev–Trinajstić information content (AvgIpc) is 3.24. The fourth-order valence-corrected chi connectivity index (χ4v) is 6.52. The largest absolute Gasteiger partial charge is 0.249 e. The Morgan fingerprint density at radius 3 is 0.934 bits per heavy atom. The van der Waals surface area contributed by atoms with Gasteiger partial charge in [-0.3, -0.25) is 0 Å². The van der Waals surface area contributed by atoms with E-state index in [4.69, 9.17) is 0 Å². The topological polar surface area (TPSA) is 16.8 Å². The molecule has 0 amide bonds. The summed E-state index contributed by atoms with van der Waals surface area (Å²) in [5, 5.41) is 0. The average molecular weight is 892 g/mol. The Balaban J connectivity index is 0.000000366. The number of rotatable bonds is 7. The number of hydrogen-bond acceptors (Lipinski definition) is 1. The minimum absolute atomic E-state index is 0.475. The molecule has 0 N–H and O–H groups in total. The van der Waals surface area contributed by atoms with Crippen LogP contribution in [0, 0.1) is 116 Å². The second kappa shape index (κ2) is 17.1. The summed E-state index contributed by atoms with van der Waals surface area (Å²) in [7, 11) is 0. The van der Waals surface area contributed by atoms with Crippen LogP contribution in [0.15, 0.2) is 48.9 Å². The summed E-state index contributed by atoms with van der Waals surface area (Å²) >= 11 is 0. The molecule has 0 saturated heterocycles. The maximum atomic E-state index is 15.4. The lowest BCUT2D eigenvalue weighted by molar-refractivity contribution is -0.689. The van der Waals surface area contributed by atoms with Gasteiger partial charge in [-0.2, -0.15) is 4.57 Å². The first-order chi connectivity index (χ1) is 28.5. The van der Waals surface area contributed by atoms with Crippen molar-refractivity contribution in [2.45, 2.75) is 26.3 Å². The van der Waals surface area contributed by atoms with Gasteiger partial charge >= 0.3 is 0 Å². The van der Waals surface area contributed by atoms with Crippen LogP contribution in [-0.4, -0.2) is 11.1 Å². The van der Waals surface area contributed by atoms with Gasteiger partial charge in [-0.1, -0.05) is 44.2 Å². The van der Waals surface area contributed by atoms with Crippen LogP contribution >= 0.6 is 0 Å². The third kappa shape index (κ3) is 7.40. The first-order valence-electron chi connectivity index (χ1n) is 16.6. The molecule has 0 unspecified atom stereocenters. The molecule has 0 saturated carbocycles. The summed E-state index contributed by atoms with van der Waals surface area (Å²) in [5.74, 6) is -70.9. The van der Waals surface area contributed by atoms with Crippen LogP contribution in [0.1, 0.15) is 31.0 Å². The summed E-state index contributed by atoms with van der Waals surface area (Å²) in [4.78, 5) is 4.36.